The molecule has 6 nitrogen and oxygen atoms in total. The molecule has 2 heterocycles. The van der Waals surface area contributed by atoms with Gasteiger partial charge >= 0.3 is 6.01 Å². The molecular formula is C21H23ClFN3O3. The van der Waals surface area contributed by atoms with Crippen molar-refractivity contribution < 1.29 is 18.3 Å². The van der Waals surface area contributed by atoms with Gasteiger partial charge in [0.25, 0.3) is 11.6 Å². The third kappa shape index (κ3) is 4.45. The molecule has 1 aliphatic rings. The number of oxazole rings is 1. The van der Waals surface area contributed by atoms with Crippen molar-refractivity contribution in [3.63, 3.8) is 0 Å². The fourth-order valence-corrected chi connectivity index (χ4v) is 3.60. The van der Waals surface area contributed by atoms with Crippen molar-refractivity contribution in [1.29, 1.82) is 0 Å². The molecule has 0 radical (unpaired) electrons. The van der Waals surface area contributed by atoms with Crippen LogP contribution in [0.25, 0.3) is 22.7 Å². The topological polar surface area (TPSA) is 70.3 Å². The van der Waals surface area contributed by atoms with Crippen LogP contribution in [0.15, 0.2) is 22.6 Å². The van der Waals surface area contributed by atoms with E-state index in [9.17, 15) is 4.39 Å². The Morgan fingerprint density at radius 1 is 1.17 bits per heavy atom. The van der Waals surface area contributed by atoms with Gasteiger partial charge in [-0.3, -0.25) is 0 Å². The van der Waals surface area contributed by atoms with Crippen LogP contribution in [0.3, 0.4) is 0 Å². The molecule has 0 bridgehead atoms. The van der Waals surface area contributed by atoms with Gasteiger partial charge in [-0.2, -0.15) is 9.97 Å². The highest BCUT2D eigenvalue weighted by molar-refractivity contribution is 6.33. The van der Waals surface area contributed by atoms with Gasteiger partial charge in [-0.15, -0.1) is 0 Å². The van der Waals surface area contributed by atoms with Gasteiger partial charge in [-0.05, 0) is 56.2 Å². The van der Waals surface area contributed by atoms with Crippen molar-refractivity contribution in [2.24, 2.45) is 5.92 Å². The van der Waals surface area contributed by atoms with Gasteiger partial charge in [-0.1, -0.05) is 25.4 Å². The summed E-state index contributed by atoms with van der Waals surface area (Å²) < 4.78 is 31.2. The number of hydrogen-bond donors (Lipinski definition) is 0. The number of nitrogens with zero attached hydrogens (tertiary/aromatic N) is 3. The van der Waals surface area contributed by atoms with Gasteiger partial charge in [0.15, 0.2) is 5.52 Å². The van der Waals surface area contributed by atoms with Gasteiger partial charge in [0.1, 0.15) is 11.9 Å². The number of halogens is 2. The Labute approximate surface area is 173 Å². The molecule has 4 rings (SSSR count). The SMILES string of the molecule is CCCOc1nc(OC2CCC(C)CC2)nc2oc(-c3cc(F)ccc3Cl)nc12. The van der Waals surface area contributed by atoms with Gasteiger partial charge in [0.05, 0.1) is 17.2 Å². The molecule has 2 aromatic heterocycles. The second-order valence-corrected chi connectivity index (χ2v) is 7.86. The zero-order chi connectivity index (χ0) is 20.4. The maximum atomic E-state index is 13.7. The molecule has 0 aliphatic heterocycles. The number of aromatic nitrogens is 3. The lowest BCUT2D eigenvalue weighted by molar-refractivity contribution is 0.123. The van der Waals surface area contributed by atoms with Crippen LogP contribution in [0.4, 0.5) is 4.39 Å². The van der Waals surface area contributed by atoms with E-state index in [1.807, 2.05) is 6.92 Å². The molecule has 1 aromatic carbocycles. The second-order valence-electron chi connectivity index (χ2n) is 7.46. The van der Waals surface area contributed by atoms with E-state index in [1.54, 1.807) is 0 Å². The van der Waals surface area contributed by atoms with Crippen molar-refractivity contribution in [2.75, 3.05) is 6.61 Å². The van der Waals surface area contributed by atoms with Crippen LogP contribution in [0.5, 0.6) is 11.9 Å². The van der Waals surface area contributed by atoms with Crippen LogP contribution in [0.1, 0.15) is 46.0 Å². The number of fused-ring (bicyclic) bond motifs is 1. The summed E-state index contributed by atoms with van der Waals surface area (Å²) in [6.45, 7) is 4.72. The first-order valence-electron chi connectivity index (χ1n) is 9.97. The van der Waals surface area contributed by atoms with Gasteiger partial charge in [0, 0.05) is 0 Å². The maximum Gasteiger partial charge on any atom is 0.323 e. The molecule has 3 aromatic rings. The van der Waals surface area contributed by atoms with Crippen LogP contribution in [-0.2, 0) is 0 Å². The smallest absolute Gasteiger partial charge is 0.323 e. The lowest BCUT2D eigenvalue weighted by Gasteiger charge is -2.25. The Hall–Kier alpha value is -2.41. The summed E-state index contributed by atoms with van der Waals surface area (Å²) in [5.74, 6) is 0.729. The molecule has 1 saturated carbocycles. The highest BCUT2D eigenvalue weighted by Crippen LogP contribution is 2.34. The van der Waals surface area contributed by atoms with E-state index < -0.39 is 5.82 Å². The lowest BCUT2D eigenvalue weighted by Crippen LogP contribution is -2.24. The molecule has 0 unspecified atom stereocenters. The largest absolute Gasteiger partial charge is 0.476 e. The molecule has 1 fully saturated rings. The van der Waals surface area contributed by atoms with Crippen molar-refractivity contribution in [3.8, 4) is 23.3 Å². The van der Waals surface area contributed by atoms with E-state index in [0.29, 0.717) is 28.6 Å². The Bertz CT molecular complexity index is 1000. The molecule has 0 amide bonds. The minimum absolute atomic E-state index is 0.0720. The fraction of sp³-hybridized carbons (Fsp3) is 0.476. The minimum atomic E-state index is -0.434. The Morgan fingerprint density at radius 3 is 2.72 bits per heavy atom. The normalized spacial score (nSPS) is 19.4. The summed E-state index contributed by atoms with van der Waals surface area (Å²) in [5.41, 5.74) is 0.925. The highest BCUT2D eigenvalue weighted by atomic mass is 35.5. The average molecular weight is 420 g/mol. The zero-order valence-corrected chi connectivity index (χ0v) is 17.2. The summed E-state index contributed by atoms with van der Waals surface area (Å²) in [4.78, 5) is 13.2. The molecule has 0 N–H and O–H groups in total. The maximum absolute atomic E-state index is 13.7. The first kappa shape index (κ1) is 19.9. The summed E-state index contributed by atoms with van der Waals surface area (Å²) in [5, 5.41) is 0.328. The third-order valence-corrected chi connectivity index (χ3v) is 5.37. The van der Waals surface area contributed by atoms with Crippen molar-refractivity contribution in [3.05, 3.63) is 29.0 Å². The molecule has 0 atom stereocenters. The predicted molar refractivity (Wildman–Crippen MR) is 108 cm³/mol. The predicted octanol–water partition coefficient (Wildman–Crippen LogP) is 5.82. The summed E-state index contributed by atoms with van der Waals surface area (Å²) >= 11 is 6.19. The zero-order valence-electron chi connectivity index (χ0n) is 16.5. The summed E-state index contributed by atoms with van der Waals surface area (Å²) in [6.07, 6.45) is 5.06. The van der Waals surface area contributed by atoms with Crippen LogP contribution in [0, 0.1) is 11.7 Å². The molecule has 1 aliphatic carbocycles. The van der Waals surface area contributed by atoms with Crippen LogP contribution < -0.4 is 9.47 Å². The quantitative estimate of drug-likeness (QED) is 0.501. The van der Waals surface area contributed by atoms with Crippen LogP contribution in [0.2, 0.25) is 5.02 Å². The molecule has 0 spiro atoms. The summed E-state index contributed by atoms with van der Waals surface area (Å²) in [6, 6.07) is 4.21. The number of benzene rings is 1. The van der Waals surface area contributed by atoms with E-state index in [-0.39, 0.29) is 23.7 Å². The molecule has 0 saturated heterocycles. The molecule has 154 valence electrons. The molecular weight excluding hydrogens is 397 g/mol. The van der Waals surface area contributed by atoms with Crippen molar-refractivity contribution in [2.45, 2.75) is 52.1 Å². The third-order valence-electron chi connectivity index (χ3n) is 5.04. The fourth-order valence-electron chi connectivity index (χ4n) is 3.40. The highest BCUT2D eigenvalue weighted by Gasteiger charge is 2.24. The molecule has 8 heteroatoms. The first-order valence-corrected chi connectivity index (χ1v) is 10.3. The van der Waals surface area contributed by atoms with E-state index in [1.165, 1.54) is 18.2 Å². The van der Waals surface area contributed by atoms with Crippen LogP contribution >= 0.6 is 11.6 Å². The van der Waals surface area contributed by atoms with E-state index in [2.05, 4.69) is 21.9 Å². The number of ether oxygens (including phenoxy) is 2. The van der Waals surface area contributed by atoms with Crippen LogP contribution in [-0.4, -0.2) is 27.7 Å². The van der Waals surface area contributed by atoms with Gasteiger partial charge in [-0.25, -0.2) is 9.37 Å². The Kier molecular flexibility index (Phi) is 5.85. The van der Waals surface area contributed by atoms with Crippen molar-refractivity contribution in [1.82, 2.24) is 15.0 Å². The van der Waals surface area contributed by atoms with E-state index in [4.69, 9.17) is 25.5 Å². The second kappa shape index (κ2) is 8.53. The first-order chi connectivity index (χ1) is 14.0. The Morgan fingerprint density at radius 2 is 1.97 bits per heavy atom. The monoisotopic (exact) mass is 419 g/mol. The van der Waals surface area contributed by atoms with Gasteiger partial charge in [0.2, 0.25) is 5.89 Å². The van der Waals surface area contributed by atoms with Gasteiger partial charge < -0.3 is 13.9 Å². The van der Waals surface area contributed by atoms with Crippen molar-refractivity contribution >= 4 is 22.8 Å². The van der Waals surface area contributed by atoms with E-state index in [0.717, 1.165) is 38.0 Å². The lowest BCUT2D eigenvalue weighted by atomic mass is 9.89. The minimum Gasteiger partial charge on any atom is -0.476 e. The summed E-state index contributed by atoms with van der Waals surface area (Å²) in [7, 11) is 0. The number of hydrogen-bond acceptors (Lipinski definition) is 6. The average Bonchev–Trinajstić information content (AvgIpc) is 3.14. The molecule has 29 heavy (non-hydrogen) atoms. The standard InChI is InChI=1S/C21H23ClFN3O3/c1-3-10-27-19-17-20(26-21(25-19)28-14-7-4-12(2)5-8-14)29-18(24-17)15-11-13(23)6-9-16(15)22/h6,9,11-12,14H,3-5,7-8,10H2,1-2H3. The van der Waals surface area contributed by atoms with E-state index >= 15 is 0 Å². The Balaban J connectivity index is 1.70. The number of rotatable bonds is 6.